The molecule has 1 aromatic heterocycles. The largest absolute Gasteiger partial charge is 0.349 e. The van der Waals surface area contributed by atoms with Crippen LogP contribution in [0.1, 0.15) is 31.4 Å². The van der Waals surface area contributed by atoms with E-state index in [2.05, 4.69) is 17.2 Å². The Bertz CT molecular complexity index is 986. The summed E-state index contributed by atoms with van der Waals surface area (Å²) in [4.78, 5) is 29.5. The van der Waals surface area contributed by atoms with Gasteiger partial charge in [-0.25, -0.2) is 4.98 Å². The van der Waals surface area contributed by atoms with Gasteiger partial charge in [0.2, 0.25) is 5.91 Å². The second-order valence-electron chi connectivity index (χ2n) is 6.38. The molecule has 2 aromatic carbocycles. The van der Waals surface area contributed by atoms with Crippen LogP contribution in [0.5, 0.6) is 0 Å². The quantitative estimate of drug-likeness (QED) is 0.501. The van der Waals surface area contributed by atoms with Gasteiger partial charge in [-0.05, 0) is 24.1 Å². The average Bonchev–Trinajstić information content (AvgIpc) is 2.70. The Balaban J connectivity index is 1.71. The number of aromatic nitrogens is 2. The van der Waals surface area contributed by atoms with E-state index >= 15 is 0 Å². The van der Waals surface area contributed by atoms with E-state index in [4.69, 9.17) is 0 Å². The molecular formula is C21H23N3O2S. The van der Waals surface area contributed by atoms with Gasteiger partial charge in [0, 0.05) is 7.05 Å². The normalized spacial score (nSPS) is 12.1. The van der Waals surface area contributed by atoms with Crippen LogP contribution in [0.3, 0.4) is 0 Å². The van der Waals surface area contributed by atoms with Crippen LogP contribution in [0, 0.1) is 0 Å². The minimum atomic E-state index is -0.100. The average molecular weight is 382 g/mol. The second kappa shape index (κ2) is 8.86. The zero-order chi connectivity index (χ0) is 19.2. The first-order valence-corrected chi connectivity index (χ1v) is 10.0. The minimum absolute atomic E-state index is 0.00215. The summed E-state index contributed by atoms with van der Waals surface area (Å²) >= 11 is 1.28. The van der Waals surface area contributed by atoms with Crippen molar-refractivity contribution in [3.05, 3.63) is 70.5 Å². The predicted molar refractivity (Wildman–Crippen MR) is 110 cm³/mol. The number of amides is 1. The number of nitrogens with zero attached hydrogens (tertiary/aromatic N) is 2. The Labute approximate surface area is 162 Å². The van der Waals surface area contributed by atoms with E-state index in [1.54, 1.807) is 13.1 Å². The van der Waals surface area contributed by atoms with Crippen LogP contribution in [0.25, 0.3) is 10.9 Å². The van der Waals surface area contributed by atoms with E-state index in [-0.39, 0.29) is 23.3 Å². The van der Waals surface area contributed by atoms with E-state index in [1.165, 1.54) is 16.3 Å². The topological polar surface area (TPSA) is 64.0 Å². The second-order valence-corrected chi connectivity index (χ2v) is 7.33. The molecule has 1 atom stereocenters. The van der Waals surface area contributed by atoms with Crippen molar-refractivity contribution in [2.75, 3.05) is 5.75 Å². The molecule has 0 saturated heterocycles. The molecule has 0 spiro atoms. The van der Waals surface area contributed by atoms with Crippen LogP contribution >= 0.6 is 11.8 Å². The molecular weight excluding hydrogens is 358 g/mol. The van der Waals surface area contributed by atoms with Crippen molar-refractivity contribution in [3.63, 3.8) is 0 Å². The third kappa shape index (κ3) is 4.57. The summed E-state index contributed by atoms with van der Waals surface area (Å²) in [7, 11) is 1.69. The first kappa shape index (κ1) is 19.2. The zero-order valence-corrected chi connectivity index (χ0v) is 16.3. The van der Waals surface area contributed by atoms with Crippen LogP contribution in [-0.4, -0.2) is 21.2 Å². The molecule has 0 radical (unpaired) electrons. The maximum Gasteiger partial charge on any atom is 0.261 e. The third-order valence-corrected chi connectivity index (χ3v) is 5.42. The number of rotatable bonds is 7. The predicted octanol–water partition coefficient (Wildman–Crippen LogP) is 3.68. The molecule has 1 amide bonds. The van der Waals surface area contributed by atoms with Gasteiger partial charge in [0.25, 0.3) is 5.56 Å². The minimum Gasteiger partial charge on any atom is -0.349 e. The summed E-state index contributed by atoms with van der Waals surface area (Å²) < 4.78 is 1.50. The molecule has 3 aromatic rings. The number of nitrogens with one attached hydrogen (secondary N) is 1. The van der Waals surface area contributed by atoms with Gasteiger partial charge in [-0.1, -0.05) is 67.6 Å². The van der Waals surface area contributed by atoms with Crippen LogP contribution in [0.4, 0.5) is 0 Å². The molecule has 0 saturated carbocycles. The van der Waals surface area contributed by atoms with Crippen molar-refractivity contribution in [1.29, 1.82) is 0 Å². The summed E-state index contributed by atoms with van der Waals surface area (Å²) in [5.74, 6) is 0.149. The van der Waals surface area contributed by atoms with Crippen LogP contribution in [0.15, 0.2) is 64.5 Å². The Morgan fingerprint density at radius 1 is 1.15 bits per heavy atom. The molecule has 1 heterocycles. The van der Waals surface area contributed by atoms with Crippen LogP contribution in [0.2, 0.25) is 0 Å². The molecule has 0 bridgehead atoms. The molecule has 1 N–H and O–H groups in total. The lowest BCUT2D eigenvalue weighted by Gasteiger charge is -2.18. The van der Waals surface area contributed by atoms with Gasteiger partial charge in [-0.3, -0.25) is 14.2 Å². The van der Waals surface area contributed by atoms with E-state index in [9.17, 15) is 9.59 Å². The number of carbonyl (C=O) groups excluding carboxylic acids is 1. The van der Waals surface area contributed by atoms with E-state index in [1.807, 2.05) is 48.5 Å². The molecule has 5 nitrogen and oxygen atoms in total. The molecule has 1 unspecified atom stereocenters. The summed E-state index contributed by atoms with van der Waals surface area (Å²) in [6.07, 6.45) is 1.86. The maximum atomic E-state index is 12.5. The SMILES string of the molecule is CCCC(NC(=O)CSc1nc2ccccc2c(=O)n1C)c1ccccc1. The smallest absolute Gasteiger partial charge is 0.261 e. The van der Waals surface area contributed by atoms with Crippen molar-refractivity contribution in [3.8, 4) is 0 Å². The van der Waals surface area contributed by atoms with Crippen molar-refractivity contribution >= 4 is 28.6 Å². The maximum absolute atomic E-state index is 12.5. The van der Waals surface area contributed by atoms with E-state index < -0.39 is 0 Å². The number of fused-ring (bicyclic) bond motifs is 1. The number of carbonyl (C=O) groups is 1. The highest BCUT2D eigenvalue weighted by atomic mass is 32.2. The molecule has 0 fully saturated rings. The zero-order valence-electron chi connectivity index (χ0n) is 15.5. The summed E-state index contributed by atoms with van der Waals surface area (Å²) in [5, 5.41) is 4.23. The summed E-state index contributed by atoms with van der Waals surface area (Å²) in [5.41, 5.74) is 1.65. The molecule has 27 heavy (non-hydrogen) atoms. The Morgan fingerprint density at radius 2 is 1.85 bits per heavy atom. The summed E-state index contributed by atoms with van der Waals surface area (Å²) in [6.45, 7) is 2.10. The van der Waals surface area contributed by atoms with Gasteiger partial charge in [0.15, 0.2) is 5.16 Å². The van der Waals surface area contributed by atoms with Crippen molar-refractivity contribution in [2.24, 2.45) is 7.05 Å². The molecule has 0 aliphatic rings. The van der Waals surface area contributed by atoms with Gasteiger partial charge in [0.05, 0.1) is 22.7 Å². The van der Waals surface area contributed by atoms with Gasteiger partial charge < -0.3 is 5.32 Å². The Hall–Kier alpha value is -2.60. The van der Waals surface area contributed by atoms with Gasteiger partial charge >= 0.3 is 0 Å². The fraction of sp³-hybridized carbons (Fsp3) is 0.286. The highest BCUT2D eigenvalue weighted by molar-refractivity contribution is 7.99. The number of para-hydroxylation sites is 1. The van der Waals surface area contributed by atoms with Crippen molar-refractivity contribution < 1.29 is 4.79 Å². The lowest BCUT2D eigenvalue weighted by Crippen LogP contribution is -2.30. The standard InChI is InChI=1S/C21H23N3O2S/c1-3-9-17(15-10-5-4-6-11-15)22-19(25)14-27-21-23-18-13-8-7-12-16(18)20(26)24(21)2/h4-8,10-13,17H,3,9,14H2,1-2H3,(H,22,25). The molecule has 6 heteroatoms. The monoisotopic (exact) mass is 381 g/mol. The Kier molecular flexibility index (Phi) is 6.29. The third-order valence-electron chi connectivity index (χ3n) is 4.39. The first-order valence-electron chi connectivity index (χ1n) is 9.03. The van der Waals surface area contributed by atoms with Crippen molar-refractivity contribution in [2.45, 2.75) is 31.0 Å². The number of benzene rings is 2. The van der Waals surface area contributed by atoms with Crippen molar-refractivity contribution in [1.82, 2.24) is 14.9 Å². The fourth-order valence-corrected chi connectivity index (χ4v) is 3.77. The van der Waals surface area contributed by atoms with Gasteiger partial charge in [-0.2, -0.15) is 0 Å². The van der Waals surface area contributed by atoms with Gasteiger partial charge in [-0.15, -0.1) is 0 Å². The lowest BCUT2D eigenvalue weighted by molar-refractivity contribution is -0.119. The fourth-order valence-electron chi connectivity index (χ4n) is 2.99. The highest BCUT2D eigenvalue weighted by Crippen LogP contribution is 2.20. The van der Waals surface area contributed by atoms with E-state index in [0.29, 0.717) is 16.1 Å². The number of hydrogen-bond donors (Lipinski definition) is 1. The summed E-state index contributed by atoms with van der Waals surface area (Å²) in [6, 6.07) is 17.2. The molecule has 0 aliphatic carbocycles. The lowest BCUT2D eigenvalue weighted by atomic mass is 10.0. The number of thioether (sulfide) groups is 1. The molecule has 0 aliphatic heterocycles. The van der Waals surface area contributed by atoms with Crippen LogP contribution < -0.4 is 10.9 Å². The number of hydrogen-bond acceptors (Lipinski definition) is 4. The first-order chi connectivity index (χ1) is 13.1. The molecule has 140 valence electrons. The van der Waals surface area contributed by atoms with Crippen LogP contribution in [-0.2, 0) is 11.8 Å². The van der Waals surface area contributed by atoms with E-state index in [0.717, 1.165) is 18.4 Å². The van der Waals surface area contributed by atoms with Gasteiger partial charge in [0.1, 0.15) is 0 Å². The Morgan fingerprint density at radius 3 is 2.59 bits per heavy atom. The highest BCUT2D eigenvalue weighted by Gasteiger charge is 2.15. The molecule has 3 rings (SSSR count).